The molecule has 0 saturated carbocycles. The molecule has 0 spiro atoms. The van der Waals surface area contributed by atoms with E-state index in [-0.39, 0.29) is 6.04 Å². The molecule has 0 unspecified atom stereocenters. The quantitative estimate of drug-likeness (QED) is 0.880. The van der Waals surface area contributed by atoms with Crippen LogP contribution in [-0.2, 0) is 6.18 Å². The van der Waals surface area contributed by atoms with Crippen LogP contribution in [0.25, 0.3) is 0 Å². The molecule has 1 atom stereocenters. The molecule has 17 heavy (non-hydrogen) atoms. The van der Waals surface area contributed by atoms with Gasteiger partial charge in [-0.25, -0.2) is 0 Å². The second-order valence-corrected chi connectivity index (χ2v) is 3.25. The highest BCUT2D eigenvalue weighted by Crippen LogP contribution is 2.28. The molecule has 0 fully saturated rings. The maximum Gasteiger partial charge on any atom is 0.417 e. The van der Waals surface area contributed by atoms with E-state index in [1.165, 1.54) is 6.07 Å². The molecule has 0 aliphatic rings. The summed E-state index contributed by atoms with van der Waals surface area (Å²) in [6, 6.07) is 2.42. The largest absolute Gasteiger partial charge is 0.417 e. The lowest BCUT2D eigenvalue weighted by atomic mass is 10.2. The Labute approximate surface area is 100 Å². The normalized spacial score (nSPS) is 12.6. The first-order valence-corrected chi connectivity index (χ1v) is 5.71. The maximum atomic E-state index is 12.2. The van der Waals surface area contributed by atoms with Crippen LogP contribution < -0.4 is 5.32 Å². The van der Waals surface area contributed by atoms with Crippen molar-refractivity contribution in [1.29, 1.82) is 0 Å². The average molecular weight is 248 g/mol. The highest BCUT2D eigenvalue weighted by molar-refractivity contribution is 5.18. The fourth-order valence-corrected chi connectivity index (χ4v) is 1.24. The Kier molecular flexibility index (Phi) is 6.80. The molecule has 98 valence electrons. The van der Waals surface area contributed by atoms with Gasteiger partial charge >= 0.3 is 6.18 Å². The number of aromatic nitrogens is 1. The number of nitrogens with zero attached hydrogens (tertiary/aromatic N) is 1. The molecule has 0 aliphatic heterocycles. The Morgan fingerprint density at radius 2 is 1.88 bits per heavy atom. The Morgan fingerprint density at radius 1 is 1.29 bits per heavy atom. The summed E-state index contributed by atoms with van der Waals surface area (Å²) in [4.78, 5) is 3.78. The van der Waals surface area contributed by atoms with E-state index in [4.69, 9.17) is 0 Å². The van der Waals surface area contributed by atoms with Gasteiger partial charge < -0.3 is 5.32 Å². The monoisotopic (exact) mass is 248 g/mol. The zero-order chi connectivity index (χ0) is 13.5. The highest BCUT2D eigenvalue weighted by atomic mass is 19.4. The van der Waals surface area contributed by atoms with Crippen molar-refractivity contribution in [2.24, 2.45) is 0 Å². The van der Waals surface area contributed by atoms with Gasteiger partial charge in [0.1, 0.15) is 0 Å². The molecular formula is C12H19F3N2. The number of halogens is 3. The third-order valence-electron chi connectivity index (χ3n) is 2.07. The minimum Gasteiger partial charge on any atom is -0.309 e. The van der Waals surface area contributed by atoms with Crippen LogP contribution in [0.15, 0.2) is 18.3 Å². The van der Waals surface area contributed by atoms with Crippen LogP contribution in [0.2, 0.25) is 0 Å². The molecule has 2 nitrogen and oxygen atoms in total. The van der Waals surface area contributed by atoms with Gasteiger partial charge in [-0.05, 0) is 25.6 Å². The second-order valence-electron chi connectivity index (χ2n) is 3.25. The van der Waals surface area contributed by atoms with E-state index in [2.05, 4.69) is 10.3 Å². The van der Waals surface area contributed by atoms with Crippen molar-refractivity contribution in [1.82, 2.24) is 10.3 Å². The zero-order valence-electron chi connectivity index (χ0n) is 10.6. The predicted molar refractivity (Wildman–Crippen MR) is 62.7 cm³/mol. The molecule has 0 aliphatic carbocycles. The number of alkyl halides is 3. The number of rotatable bonds is 3. The van der Waals surface area contributed by atoms with Crippen molar-refractivity contribution in [2.75, 3.05) is 6.54 Å². The Morgan fingerprint density at radius 3 is 2.24 bits per heavy atom. The third-order valence-corrected chi connectivity index (χ3v) is 2.07. The average Bonchev–Trinajstić information content (AvgIpc) is 2.31. The van der Waals surface area contributed by atoms with Crippen molar-refractivity contribution in [3.63, 3.8) is 0 Å². The van der Waals surface area contributed by atoms with Gasteiger partial charge in [0.2, 0.25) is 0 Å². The number of hydrogen-bond donors (Lipinski definition) is 1. The predicted octanol–water partition coefficient (Wildman–Crippen LogP) is 3.80. The van der Waals surface area contributed by atoms with E-state index in [1.807, 2.05) is 27.7 Å². The molecule has 0 radical (unpaired) electrons. The van der Waals surface area contributed by atoms with Crippen LogP contribution in [0.3, 0.4) is 0 Å². The Balaban J connectivity index is 0.00000121. The van der Waals surface area contributed by atoms with Gasteiger partial charge in [0, 0.05) is 12.2 Å². The zero-order valence-corrected chi connectivity index (χ0v) is 10.6. The fraction of sp³-hybridized carbons (Fsp3) is 0.583. The molecule has 0 amide bonds. The van der Waals surface area contributed by atoms with Gasteiger partial charge in [-0.15, -0.1) is 0 Å². The first kappa shape index (κ1) is 15.9. The molecular weight excluding hydrogens is 229 g/mol. The first-order chi connectivity index (χ1) is 7.95. The summed E-state index contributed by atoms with van der Waals surface area (Å²) in [7, 11) is 0. The molecule has 1 rings (SSSR count). The van der Waals surface area contributed by atoms with Crippen LogP contribution in [0.4, 0.5) is 13.2 Å². The van der Waals surface area contributed by atoms with Crippen molar-refractivity contribution >= 4 is 0 Å². The first-order valence-electron chi connectivity index (χ1n) is 5.71. The second kappa shape index (κ2) is 7.27. The van der Waals surface area contributed by atoms with E-state index < -0.39 is 11.7 Å². The van der Waals surface area contributed by atoms with Crippen LogP contribution in [0, 0.1) is 0 Å². The SMILES string of the molecule is CC.CCN[C@@H](C)c1ccc(C(F)(F)F)cn1. The van der Waals surface area contributed by atoms with E-state index in [0.29, 0.717) is 5.69 Å². The lowest BCUT2D eigenvalue weighted by Gasteiger charge is -2.12. The Hall–Kier alpha value is -1.10. The topological polar surface area (TPSA) is 24.9 Å². The standard InChI is InChI=1S/C10H13F3N2.C2H6/c1-3-14-7(2)9-5-4-8(6-15-9)10(11,12)13;1-2/h4-7,14H,3H2,1-2H3;1-2H3/t7-;/m0./s1. The van der Waals surface area contributed by atoms with E-state index in [0.717, 1.165) is 18.8 Å². The summed E-state index contributed by atoms with van der Waals surface area (Å²) in [5, 5.41) is 3.08. The summed E-state index contributed by atoms with van der Waals surface area (Å²) in [5.41, 5.74) is -0.0974. The molecule has 0 bridgehead atoms. The minimum atomic E-state index is -4.31. The molecule has 1 heterocycles. The molecule has 0 saturated heterocycles. The van der Waals surface area contributed by atoms with Crippen LogP contribution >= 0.6 is 0 Å². The van der Waals surface area contributed by atoms with Gasteiger partial charge in [-0.2, -0.15) is 13.2 Å². The fourth-order valence-electron chi connectivity index (χ4n) is 1.24. The smallest absolute Gasteiger partial charge is 0.309 e. The molecule has 1 aromatic rings. The number of nitrogens with one attached hydrogen (secondary N) is 1. The summed E-state index contributed by atoms with van der Waals surface area (Å²) in [6.07, 6.45) is -3.45. The Bertz CT molecular complexity index is 307. The van der Waals surface area contributed by atoms with Crippen molar-refractivity contribution in [3.8, 4) is 0 Å². The molecule has 0 aromatic carbocycles. The van der Waals surface area contributed by atoms with Crippen molar-refractivity contribution in [3.05, 3.63) is 29.6 Å². The van der Waals surface area contributed by atoms with Gasteiger partial charge in [0.05, 0.1) is 11.3 Å². The summed E-state index contributed by atoms with van der Waals surface area (Å²) in [6.45, 7) is 8.55. The van der Waals surface area contributed by atoms with Crippen LogP contribution in [0.1, 0.15) is 45.0 Å². The molecule has 1 aromatic heterocycles. The van der Waals surface area contributed by atoms with E-state index in [9.17, 15) is 13.2 Å². The van der Waals surface area contributed by atoms with E-state index in [1.54, 1.807) is 0 Å². The van der Waals surface area contributed by atoms with Gasteiger partial charge in [0.15, 0.2) is 0 Å². The highest BCUT2D eigenvalue weighted by Gasteiger charge is 2.30. The number of hydrogen-bond acceptors (Lipinski definition) is 2. The maximum absolute atomic E-state index is 12.2. The van der Waals surface area contributed by atoms with Gasteiger partial charge in [-0.1, -0.05) is 20.8 Å². The van der Waals surface area contributed by atoms with Gasteiger partial charge in [0.25, 0.3) is 0 Å². The number of pyridine rings is 1. The summed E-state index contributed by atoms with van der Waals surface area (Å²) >= 11 is 0. The van der Waals surface area contributed by atoms with Gasteiger partial charge in [-0.3, -0.25) is 4.98 Å². The van der Waals surface area contributed by atoms with Crippen LogP contribution in [0.5, 0.6) is 0 Å². The third kappa shape index (κ3) is 5.17. The van der Waals surface area contributed by atoms with Crippen molar-refractivity contribution < 1.29 is 13.2 Å². The summed E-state index contributed by atoms with van der Waals surface area (Å²) in [5.74, 6) is 0. The molecule has 5 heteroatoms. The van der Waals surface area contributed by atoms with Crippen molar-refractivity contribution in [2.45, 2.75) is 39.9 Å². The van der Waals surface area contributed by atoms with E-state index >= 15 is 0 Å². The summed E-state index contributed by atoms with van der Waals surface area (Å²) < 4.78 is 36.6. The lowest BCUT2D eigenvalue weighted by molar-refractivity contribution is -0.137. The minimum absolute atomic E-state index is 0.0303. The van der Waals surface area contributed by atoms with Crippen LogP contribution in [-0.4, -0.2) is 11.5 Å². The lowest BCUT2D eigenvalue weighted by Crippen LogP contribution is -2.19. The molecule has 1 N–H and O–H groups in total.